The molecule has 0 aliphatic carbocycles. The maximum absolute atomic E-state index is 12.1. The first-order chi connectivity index (χ1) is 8.85. The molecule has 1 aromatic carbocycles. The lowest BCUT2D eigenvalue weighted by molar-refractivity contribution is -0.144. The molecule has 1 aromatic rings. The molecule has 0 bridgehead atoms. The fourth-order valence-electron chi connectivity index (χ4n) is 1.72. The minimum Gasteiger partial charge on any atom is -0.467 e. The SMILES string of the molecule is COC(=O)[C@@H](NC(=O)c1cc(C)cc(Br)c1)C(C)C. The Kier molecular flexibility index (Phi) is 5.54. The van der Waals surface area contributed by atoms with Crippen molar-refractivity contribution >= 4 is 27.8 Å². The molecule has 0 aromatic heterocycles. The monoisotopic (exact) mass is 327 g/mol. The zero-order chi connectivity index (χ0) is 14.6. The highest BCUT2D eigenvalue weighted by molar-refractivity contribution is 9.10. The summed E-state index contributed by atoms with van der Waals surface area (Å²) in [5.74, 6) is -0.756. The lowest BCUT2D eigenvalue weighted by atomic mass is 10.0. The van der Waals surface area contributed by atoms with Crippen molar-refractivity contribution in [3.05, 3.63) is 33.8 Å². The second-order valence-electron chi connectivity index (χ2n) is 4.74. The standard InChI is InChI=1S/C14H18BrNO3/c1-8(2)12(14(18)19-4)16-13(17)10-5-9(3)6-11(15)7-10/h5-8,12H,1-4H3,(H,16,17)/t12-/m0/s1. The third-order valence-electron chi connectivity index (χ3n) is 2.71. The van der Waals surface area contributed by atoms with Gasteiger partial charge in [0.2, 0.25) is 0 Å². The normalized spacial score (nSPS) is 12.1. The number of ether oxygens (including phenoxy) is 1. The van der Waals surface area contributed by atoms with E-state index in [4.69, 9.17) is 4.74 Å². The van der Waals surface area contributed by atoms with Crippen LogP contribution in [-0.2, 0) is 9.53 Å². The van der Waals surface area contributed by atoms with Gasteiger partial charge in [-0.15, -0.1) is 0 Å². The van der Waals surface area contributed by atoms with Crippen LogP contribution in [0.3, 0.4) is 0 Å². The first-order valence-corrected chi connectivity index (χ1v) is 6.80. The summed E-state index contributed by atoms with van der Waals surface area (Å²) >= 11 is 3.35. The smallest absolute Gasteiger partial charge is 0.328 e. The van der Waals surface area contributed by atoms with Crippen LogP contribution < -0.4 is 5.32 Å². The molecule has 1 atom stereocenters. The van der Waals surface area contributed by atoms with Gasteiger partial charge in [-0.25, -0.2) is 4.79 Å². The Hall–Kier alpha value is -1.36. The number of hydrogen-bond donors (Lipinski definition) is 1. The van der Waals surface area contributed by atoms with Crippen molar-refractivity contribution in [2.24, 2.45) is 5.92 Å². The van der Waals surface area contributed by atoms with Gasteiger partial charge in [0.1, 0.15) is 6.04 Å². The van der Waals surface area contributed by atoms with E-state index in [2.05, 4.69) is 21.2 Å². The number of halogens is 1. The van der Waals surface area contributed by atoms with Crippen LogP contribution in [0.25, 0.3) is 0 Å². The minimum absolute atomic E-state index is 0.0374. The summed E-state index contributed by atoms with van der Waals surface area (Å²) in [7, 11) is 1.31. The van der Waals surface area contributed by atoms with Gasteiger partial charge in [-0.2, -0.15) is 0 Å². The van der Waals surface area contributed by atoms with E-state index in [0.29, 0.717) is 5.56 Å². The van der Waals surface area contributed by atoms with Crippen molar-refractivity contribution in [2.75, 3.05) is 7.11 Å². The summed E-state index contributed by atoms with van der Waals surface area (Å²) in [5, 5.41) is 2.70. The van der Waals surface area contributed by atoms with Crippen LogP contribution in [0.2, 0.25) is 0 Å². The van der Waals surface area contributed by atoms with E-state index in [0.717, 1.165) is 10.0 Å². The molecule has 0 spiro atoms. The number of benzene rings is 1. The summed E-state index contributed by atoms with van der Waals surface area (Å²) in [5.41, 5.74) is 1.49. The summed E-state index contributed by atoms with van der Waals surface area (Å²) in [4.78, 5) is 23.8. The largest absolute Gasteiger partial charge is 0.467 e. The molecule has 0 saturated carbocycles. The van der Waals surface area contributed by atoms with Gasteiger partial charge in [0.25, 0.3) is 5.91 Å². The topological polar surface area (TPSA) is 55.4 Å². The molecule has 0 fully saturated rings. The van der Waals surface area contributed by atoms with E-state index in [1.54, 1.807) is 12.1 Å². The molecule has 0 aliphatic rings. The Labute approximate surface area is 121 Å². The van der Waals surface area contributed by atoms with Gasteiger partial charge in [-0.3, -0.25) is 4.79 Å². The van der Waals surface area contributed by atoms with Crippen molar-refractivity contribution in [1.29, 1.82) is 0 Å². The highest BCUT2D eigenvalue weighted by atomic mass is 79.9. The number of amides is 1. The van der Waals surface area contributed by atoms with Crippen molar-refractivity contribution in [1.82, 2.24) is 5.32 Å². The third-order valence-corrected chi connectivity index (χ3v) is 3.17. The van der Waals surface area contributed by atoms with Crippen molar-refractivity contribution in [3.63, 3.8) is 0 Å². The number of carbonyl (C=O) groups is 2. The van der Waals surface area contributed by atoms with Crippen LogP contribution in [0.5, 0.6) is 0 Å². The van der Waals surface area contributed by atoms with E-state index in [1.165, 1.54) is 7.11 Å². The third kappa shape index (κ3) is 4.35. The number of aryl methyl sites for hydroxylation is 1. The number of carbonyl (C=O) groups excluding carboxylic acids is 2. The molecule has 4 nitrogen and oxygen atoms in total. The molecule has 1 rings (SSSR count). The van der Waals surface area contributed by atoms with Crippen LogP contribution in [-0.4, -0.2) is 25.0 Å². The Balaban J connectivity index is 2.90. The number of hydrogen-bond acceptors (Lipinski definition) is 3. The second-order valence-corrected chi connectivity index (χ2v) is 5.65. The quantitative estimate of drug-likeness (QED) is 0.865. The second kappa shape index (κ2) is 6.70. The Morgan fingerprint density at radius 1 is 1.26 bits per heavy atom. The van der Waals surface area contributed by atoms with Gasteiger partial charge in [-0.05, 0) is 36.6 Å². The fourth-order valence-corrected chi connectivity index (χ4v) is 2.32. The highest BCUT2D eigenvalue weighted by Gasteiger charge is 2.25. The average molecular weight is 328 g/mol. The minimum atomic E-state index is -0.642. The fraction of sp³-hybridized carbons (Fsp3) is 0.429. The van der Waals surface area contributed by atoms with E-state index >= 15 is 0 Å². The summed E-state index contributed by atoms with van der Waals surface area (Å²) in [6.07, 6.45) is 0. The van der Waals surface area contributed by atoms with E-state index < -0.39 is 12.0 Å². The molecule has 0 unspecified atom stereocenters. The highest BCUT2D eigenvalue weighted by Crippen LogP contribution is 2.16. The predicted octanol–water partition coefficient (Wildman–Crippen LogP) is 2.68. The van der Waals surface area contributed by atoms with Crippen LogP contribution in [0, 0.1) is 12.8 Å². The van der Waals surface area contributed by atoms with Crippen LogP contribution in [0.15, 0.2) is 22.7 Å². The number of rotatable bonds is 4. The molecule has 0 saturated heterocycles. The Morgan fingerprint density at radius 2 is 1.89 bits per heavy atom. The van der Waals surface area contributed by atoms with Gasteiger partial charge < -0.3 is 10.1 Å². The summed E-state index contributed by atoms with van der Waals surface area (Å²) in [6.45, 7) is 5.61. The van der Waals surface area contributed by atoms with Crippen LogP contribution >= 0.6 is 15.9 Å². The van der Waals surface area contributed by atoms with Crippen molar-refractivity contribution in [3.8, 4) is 0 Å². The number of methoxy groups -OCH3 is 1. The molecule has 0 aliphatic heterocycles. The molecule has 0 radical (unpaired) electrons. The summed E-state index contributed by atoms with van der Waals surface area (Å²) in [6, 6.07) is 4.76. The van der Waals surface area contributed by atoms with E-state index in [-0.39, 0.29) is 11.8 Å². The molecule has 0 heterocycles. The van der Waals surface area contributed by atoms with E-state index in [9.17, 15) is 9.59 Å². The Bertz CT molecular complexity index is 465. The van der Waals surface area contributed by atoms with Crippen molar-refractivity contribution in [2.45, 2.75) is 26.8 Å². The maximum atomic E-state index is 12.1. The molecule has 104 valence electrons. The molecule has 1 N–H and O–H groups in total. The van der Waals surface area contributed by atoms with Gasteiger partial charge in [0.15, 0.2) is 0 Å². The lowest BCUT2D eigenvalue weighted by Gasteiger charge is -2.20. The molecule has 5 heteroatoms. The number of nitrogens with one attached hydrogen (secondary N) is 1. The predicted molar refractivity (Wildman–Crippen MR) is 77.0 cm³/mol. The average Bonchev–Trinajstić information content (AvgIpc) is 2.33. The first kappa shape index (κ1) is 15.7. The van der Waals surface area contributed by atoms with Crippen LogP contribution in [0.4, 0.5) is 0 Å². The zero-order valence-electron chi connectivity index (χ0n) is 11.5. The summed E-state index contributed by atoms with van der Waals surface area (Å²) < 4.78 is 5.53. The zero-order valence-corrected chi connectivity index (χ0v) is 13.1. The molecule has 19 heavy (non-hydrogen) atoms. The van der Waals surface area contributed by atoms with Gasteiger partial charge in [0, 0.05) is 10.0 Å². The first-order valence-electron chi connectivity index (χ1n) is 6.01. The molecule has 1 amide bonds. The van der Waals surface area contributed by atoms with Crippen LogP contribution in [0.1, 0.15) is 29.8 Å². The van der Waals surface area contributed by atoms with Gasteiger partial charge >= 0.3 is 5.97 Å². The molecular formula is C14H18BrNO3. The Morgan fingerprint density at radius 3 is 2.37 bits per heavy atom. The van der Waals surface area contributed by atoms with Gasteiger partial charge in [0.05, 0.1) is 7.11 Å². The van der Waals surface area contributed by atoms with Gasteiger partial charge in [-0.1, -0.05) is 29.8 Å². The van der Waals surface area contributed by atoms with Crippen molar-refractivity contribution < 1.29 is 14.3 Å². The number of esters is 1. The maximum Gasteiger partial charge on any atom is 0.328 e. The molecular weight excluding hydrogens is 310 g/mol. The lowest BCUT2D eigenvalue weighted by Crippen LogP contribution is -2.45. The van der Waals surface area contributed by atoms with E-state index in [1.807, 2.05) is 26.8 Å².